The molecule has 0 unspecified atom stereocenters. The van der Waals surface area contributed by atoms with E-state index in [1.165, 1.54) is 6.07 Å². The Morgan fingerprint density at radius 1 is 1.44 bits per heavy atom. The van der Waals surface area contributed by atoms with Gasteiger partial charge in [-0.15, -0.1) is 11.3 Å². The predicted octanol–water partition coefficient (Wildman–Crippen LogP) is 3.29. The molecule has 1 aromatic carbocycles. The number of carboxylic acid groups (broad SMARTS) is 1. The van der Waals surface area contributed by atoms with Gasteiger partial charge in [0.2, 0.25) is 0 Å². The maximum atomic E-state index is 10.9. The number of thiophene rings is 1. The van der Waals surface area contributed by atoms with Crippen LogP contribution in [0.2, 0.25) is 5.02 Å². The Labute approximate surface area is 113 Å². The molecule has 0 saturated carbocycles. The van der Waals surface area contributed by atoms with Crippen LogP contribution in [0, 0.1) is 0 Å². The third-order valence-electron chi connectivity index (χ3n) is 2.43. The van der Waals surface area contributed by atoms with Crippen molar-refractivity contribution in [3.05, 3.63) is 45.1 Å². The van der Waals surface area contributed by atoms with E-state index in [1.807, 2.05) is 11.4 Å². The molecule has 0 amide bonds. The van der Waals surface area contributed by atoms with Gasteiger partial charge < -0.3 is 16.2 Å². The lowest BCUT2D eigenvalue weighted by Gasteiger charge is -2.07. The van der Waals surface area contributed by atoms with E-state index in [4.69, 9.17) is 22.4 Å². The molecule has 18 heavy (non-hydrogen) atoms. The lowest BCUT2D eigenvalue weighted by molar-refractivity contribution is 0.0697. The van der Waals surface area contributed by atoms with E-state index in [-0.39, 0.29) is 10.6 Å². The molecule has 1 aromatic heterocycles. The number of benzene rings is 1. The van der Waals surface area contributed by atoms with Crippen molar-refractivity contribution in [3.8, 4) is 0 Å². The molecular formula is C12H11ClN2O2S. The number of aromatic carboxylic acids is 1. The van der Waals surface area contributed by atoms with Gasteiger partial charge in [-0.1, -0.05) is 11.6 Å². The summed E-state index contributed by atoms with van der Waals surface area (Å²) in [4.78, 5) is 11.9. The zero-order valence-electron chi connectivity index (χ0n) is 9.31. The Morgan fingerprint density at radius 2 is 2.22 bits per heavy atom. The third-order valence-corrected chi connectivity index (χ3v) is 3.70. The summed E-state index contributed by atoms with van der Waals surface area (Å²) >= 11 is 7.34. The number of carbonyl (C=O) groups is 1. The van der Waals surface area contributed by atoms with Crippen molar-refractivity contribution in [2.24, 2.45) is 0 Å². The standard InChI is InChI=1S/C12H11ClN2O2S/c13-9-2-1-7(5-8(9)12(16)17)15-6-11-10(14)3-4-18-11/h1-5,15H,6,14H2,(H,16,17). The first-order valence-electron chi connectivity index (χ1n) is 5.16. The Hall–Kier alpha value is -1.72. The lowest BCUT2D eigenvalue weighted by atomic mass is 10.2. The molecule has 0 aliphatic rings. The molecular weight excluding hydrogens is 272 g/mol. The average Bonchev–Trinajstić information content (AvgIpc) is 2.73. The Kier molecular flexibility index (Phi) is 3.74. The van der Waals surface area contributed by atoms with E-state index >= 15 is 0 Å². The van der Waals surface area contributed by atoms with Gasteiger partial charge in [-0.2, -0.15) is 0 Å². The molecule has 0 fully saturated rings. The second-order valence-electron chi connectivity index (χ2n) is 3.65. The molecule has 94 valence electrons. The van der Waals surface area contributed by atoms with Crippen molar-refractivity contribution in [2.75, 3.05) is 11.1 Å². The number of nitrogens with two attached hydrogens (primary N) is 1. The molecule has 4 N–H and O–H groups in total. The largest absolute Gasteiger partial charge is 0.478 e. The van der Waals surface area contributed by atoms with Crippen molar-refractivity contribution in [3.63, 3.8) is 0 Å². The molecule has 0 aliphatic heterocycles. The van der Waals surface area contributed by atoms with E-state index < -0.39 is 5.97 Å². The average molecular weight is 283 g/mol. The van der Waals surface area contributed by atoms with Crippen LogP contribution >= 0.6 is 22.9 Å². The molecule has 0 aliphatic carbocycles. The fourth-order valence-corrected chi connectivity index (χ4v) is 2.41. The molecule has 1 heterocycles. The van der Waals surface area contributed by atoms with Gasteiger partial charge in [0.25, 0.3) is 0 Å². The SMILES string of the molecule is Nc1ccsc1CNc1ccc(Cl)c(C(=O)O)c1. The van der Waals surface area contributed by atoms with Crippen molar-refractivity contribution in [2.45, 2.75) is 6.54 Å². The van der Waals surface area contributed by atoms with Crippen molar-refractivity contribution < 1.29 is 9.90 Å². The topological polar surface area (TPSA) is 75.3 Å². The van der Waals surface area contributed by atoms with E-state index in [0.717, 1.165) is 10.6 Å². The van der Waals surface area contributed by atoms with Crippen LogP contribution in [-0.2, 0) is 6.54 Å². The second kappa shape index (κ2) is 5.29. The van der Waals surface area contributed by atoms with E-state index in [2.05, 4.69) is 5.32 Å². The number of nitrogen functional groups attached to an aromatic ring is 1. The van der Waals surface area contributed by atoms with Gasteiger partial charge in [-0.05, 0) is 29.6 Å². The monoisotopic (exact) mass is 282 g/mol. The summed E-state index contributed by atoms with van der Waals surface area (Å²) in [6.07, 6.45) is 0. The second-order valence-corrected chi connectivity index (χ2v) is 5.06. The van der Waals surface area contributed by atoms with Gasteiger partial charge >= 0.3 is 5.97 Å². The van der Waals surface area contributed by atoms with Crippen LogP contribution < -0.4 is 11.1 Å². The van der Waals surface area contributed by atoms with E-state index in [9.17, 15) is 4.79 Å². The number of anilines is 2. The number of nitrogens with one attached hydrogen (secondary N) is 1. The zero-order valence-corrected chi connectivity index (χ0v) is 10.9. The van der Waals surface area contributed by atoms with Gasteiger partial charge in [-0.3, -0.25) is 0 Å². The molecule has 0 radical (unpaired) electrons. The van der Waals surface area contributed by atoms with Gasteiger partial charge in [-0.25, -0.2) is 4.79 Å². The smallest absolute Gasteiger partial charge is 0.337 e. The zero-order chi connectivity index (χ0) is 13.1. The summed E-state index contributed by atoms with van der Waals surface area (Å²) in [7, 11) is 0. The molecule has 0 spiro atoms. The third kappa shape index (κ3) is 2.75. The van der Waals surface area contributed by atoms with E-state index in [0.29, 0.717) is 12.2 Å². The van der Waals surface area contributed by atoms with Gasteiger partial charge in [0.05, 0.1) is 17.1 Å². The number of halogens is 1. The summed E-state index contributed by atoms with van der Waals surface area (Å²) in [6, 6.07) is 6.64. The Bertz CT molecular complexity index is 583. The van der Waals surface area contributed by atoms with Crippen LogP contribution in [0.3, 0.4) is 0 Å². The highest BCUT2D eigenvalue weighted by Crippen LogP contribution is 2.23. The number of hydrogen-bond donors (Lipinski definition) is 3. The Balaban J connectivity index is 2.13. The minimum Gasteiger partial charge on any atom is -0.478 e. The fourth-order valence-electron chi connectivity index (χ4n) is 1.48. The number of rotatable bonds is 4. The summed E-state index contributed by atoms with van der Waals surface area (Å²) in [6.45, 7) is 0.560. The van der Waals surface area contributed by atoms with Crippen LogP contribution in [0.5, 0.6) is 0 Å². The molecule has 2 aromatic rings. The van der Waals surface area contributed by atoms with Crippen molar-refractivity contribution in [1.82, 2.24) is 0 Å². The maximum Gasteiger partial charge on any atom is 0.337 e. The van der Waals surface area contributed by atoms with Crippen LogP contribution in [0.25, 0.3) is 0 Å². The fraction of sp³-hybridized carbons (Fsp3) is 0.0833. The normalized spacial score (nSPS) is 10.3. The first-order chi connectivity index (χ1) is 8.58. The summed E-state index contributed by atoms with van der Waals surface area (Å²) in [5, 5.41) is 14.2. The lowest BCUT2D eigenvalue weighted by Crippen LogP contribution is -2.03. The minimum absolute atomic E-state index is 0.0841. The van der Waals surface area contributed by atoms with Gasteiger partial charge in [0.1, 0.15) is 0 Å². The van der Waals surface area contributed by atoms with Crippen LogP contribution in [0.15, 0.2) is 29.6 Å². The van der Waals surface area contributed by atoms with Crippen molar-refractivity contribution in [1.29, 1.82) is 0 Å². The molecule has 2 rings (SSSR count). The highest BCUT2D eigenvalue weighted by Gasteiger charge is 2.09. The first-order valence-corrected chi connectivity index (χ1v) is 6.42. The summed E-state index contributed by atoms with van der Waals surface area (Å²) in [5.41, 5.74) is 7.28. The highest BCUT2D eigenvalue weighted by atomic mass is 35.5. The minimum atomic E-state index is -1.04. The maximum absolute atomic E-state index is 10.9. The number of hydrogen-bond acceptors (Lipinski definition) is 4. The highest BCUT2D eigenvalue weighted by molar-refractivity contribution is 7.10. The predicted molar refractivity (Wildman–Crippen MR) is 74.5 cm³/mol. The van der Waals surface area contributed by atoms with E-state index in [1.54, 1.807) is 23.5 Å². The molecule has 4 nitrogen and oxygen atoms in total. The summed E-state index contributed by atoms with van der Waals surface area (Å²) < 4.78 is 0. The van der Waals surface area contributed by atoms with Crippen molar-refractivity contribution >= 4 is 40.3 Å². The van der Waals surface area contributed by atoms with Crippen LogP contribution in [-0.4, -0.2) is 11.1 Å². The van der Waals surface area contributed by atoms with Crippen LogP contribution in [0.4, 0.5) is 11.4 Å². The quantitative estimate of drug-likeness (QED) is 0.804. The molecule has 0 bridgehead atoms. The molecule has 0 saturated heterocycles. The number of carboxylic acids is 1. The molecule has 0 atom stereocenters. The van der Waals surface area contributed by atoms with Gasteiger partial charge in [0.15, 0.2) is 0 Å². The van der Waals surface area contributed by atoms with Crippen LogP contribution in [0.1, 0.15) is 15.2 Å². The Morgan fingerprint density at radius 3 is 2.83 bits per heavy atom. The molecule has 6 heteroatoms. The van der Waals surface area contributed by atoms with Gasteiger partial charge in [0, 0.05) is 16.3 Å². The summed E-state index contributed by atoms with van der Waals surface area (Å²) in [5.74, 6) is -1.04. The first kappa shape index (κ1) is 12.7.